The molecular weight excluding hydrogens is 612 g/mol. The van der Waals surface area contributed by atoms with E-state index in [9.17, 15) is 9.59 Å². The molecule has 9 nitrogen and oxygen atoms in total. The molecule has 0 N–H and O–H groups in total. The monoisotopic (exact) mass is 668 g/mol. The van der Waals surface area contributed by atoms with Crippen molar-refractivity contribution in [2.24, 2.45) is 0 Å². The number of morpholine rings is 1. The molecule has 1 amide bonds. The fourth-order valence-electron chi connectivity index (χ4n) is 4.68. The molecule has 1 aromatic rings. The number of unbranched alkanes of at least 4 members (excludes halogenated alkanes) is 1. The fourth-order valence-corrected chi connectivity index (χ4v) is 5.20. The van der Waals surface area contributed by atoms with Crippen molar-refractivity contribution in [1.29, 1.82) is 0 Å². The number of carbonyl (C=O) groups is 2. The first kappa shape index (κ1) is 39.7. The third-order valence-corrected chi connectivity index (χ3v) is 7.67. The molecule has 2 rings (SSSR count). The van der Waals surface area contributed by atoms with Gasteiger partial charge in [0, 0.05) is 33.0 Å². The van der Waals surface area contributed by atoms with E-state index in [-0.39, 0.29) is 19.1 Å². The van der Waals surface area contributed by atoms with Gasteiger partial charge in [-0.2, -0.15) is 4.37 Å². The van der Waals surface area contributed by atoms with Gasteiger partial charge in [-0.25, -0.2) is 0 Å². The lowest BCUT2D eigenvalue weighted by Gasteiger charge is -2.28. The first-order valence-electron chi connectivity index (χ1n) is 17.2. The molecule has 1 aromatic heterocycles. The molecule has 1 saturated heterocycles. The summed E-state index contributed by atoms with van der Waals surface area (Å²) >= 11 is 1.08. The van der Waals surface area contributed by atoms with Crippen LogP contribution in [0, 0.1) is 0 Å². The molecule has 0 aliphatic carbocycles. The molecule has 1 atom stereocenters. The van der Waals surface area contributed by atoms with Crippen molar-refractivity contribution in [1.82, 2.24) is 13.6 Å². The van der Waals surface area contributed by atoms with Gasteiger partial charge in [0.2, 0.25) is 11.7 Å². The van der Waals surface area contributed by atoms with Gasteiger partial charge in [-0.05, 0) is 51.4 Å². The van der Waals surface area contributed by atoms with E-state index < -0.39 is 12.1 Å². The zero-order valence-electron chi connectivity index (χ0n) is 28.8. The summed E-state index contributed by atoms with van der Waals surface area (Å²) in [6.45, 7) is 9.25. The zero-order valence-corrected chi connectivity index (χ0v) is 29.6. The highest BCUT2D eigenvalue weighted by atomic mass is 32.1. The molecule has 47 heavy (non-hydrogen) atoms. The maximum absolute atomic E-state index is 13.2. The Morgan fingerprint density at radius 1 is 0.872 bits per heavy atom. The van der Waals surface area contributed by atoms with Gasteiger partial charge in [0.15, 0.2) is 6.10 Å². The number of carbonyl (C=O) groups excluding carboxylic acids is 2. The lowest BCUT2D eigenvalue weighted by atomic mass is 10.2. The number of esters is 1. The van der Waals surface area contributed by atoms with Crippen molar-refractivity contribution in [3.05, 3.63) is 72.9 Å². The van der Waals surface area contributed by atoms with E-state index >= 15 is 0 Å². The Bertz CT molecular complexity index is 1170. The van der Waals surface area contributed by atoms with Gasteiger partial charge < -0.3 is 24.0 Å². The average molecular weight is 669 g/mol. The van der Waals surface area contributed by atoms with Crippen molar-refractivity contribution in [2.75, 3.05) is 50.9 Å². The van der Waals surface area contributed by atoms with Crippen LogP contribution in [0.5, 0.6) is 5.88 Å². The van der Waals surface area contributed by atoms with Crippen molar-refractivity contribution in [3.8, 4) is 5.88 Å². The van der Waals surface area contributed by atoms with E-state index in [1.54, 1.807) is 4.90 Å². The van der Waals surface area contributed by atoms with Crippen molar-refractivity contribution >= 4 is 29.4 Å². The summed E-state index contributed by atoms with van der Waals surface area (Å²) in [5.74, 6) is 0.719. The number of amides is 1. The largest absolute Gasteiger partial charge is 0.470 e. The van der Waals surface area contributed by atoms with Crippen LogP contribution in [0.3, 0.4) is 0 Å². The second-order valence-electron chi connectivity index (χ2n) is 11.2. The van der Waals surface area contributed by atoms with E-state index in [0.717, 1.165) is 63.1 Å². The van der Waals surface area contributed by atoms with Crippen LogP contribution < -0.4 is 9.64 Å². The summed E-state index contributed by atoms with van der Waals surface area (Å²) in [7, 11) is 0. The van der Waals surface area contributed by atoms with E-state index in [1.807, 2.05) is 0 Å². The van der Waals surface area contributed by atoms with Gasteiger partial charge in [0.1, 0.15) is 6.61 Å². The Labute approximate surface area is 287 Å². The quantitative estimate of drug-likeness (QED) is 0.0814. The van der Waals surface area contributed by atoms with Crippen LogP contribution in [0.15, 0.2) is 72.9 Å². The van der Waals surface area contributed by atoms with E-state index in [0.29, 0.717) is 57.4 Å². The van der Waals surface area contributed by atoms with E-state index in [2.05, 4.69) is 100 Å². The first-order valence-corrected chi connectivity index (χ1v) is 17.9. The Kier molecular flexibility index (Phi) is 22.4. The molecule has 0 aromatic carbocycles. The lowest BCUT2D eigenvalue weighted by Crippen LogP contribution is -2.42. The minimum atomic E-state index is -0.613. The molecule has 0 spiro atoms. The van der Waals surface area contributed by atoms with Crippen molar-refractivity contribution in [3.63, 3.8) is 0 Å². The van der Waals surface area contributed by atoms with Crippen molar-refractivity contribution < 1.29 is 23.8 Å². The molecule has 10 heteroatoms. The molecule has 260 valence electrons. The van der Waals surface area contributed by atoms with Gasteiger partial charge in [-0.15, -0.1) is 4.37 Å². The number of aromatic nitrogens is 2. The number of ether oxygens (including phenoxy) is 3. The smallest absolute Gasteiger partial charge is 0.303 e. The highest BCUT2D eigenvalue weighted by Gasteiger charge is 2.24. The predicted octanol–water partition coefficient (Wildman–Crippen LogP) is 7.79. The minimum Gasteiger partial charge on any atom is -0.470 e. The standard InChI is InChI=1S/C37H56N4O5S/c1-4-6-8-9-10-11-12-13-14-15-16-17-18-19-20-21-22-23-24-25-35(43)41(26-7-5-2)31-34(46-33(3)42)32-45-37-36(38-47-39-37)40-27-29-44-30-28-40/h6,8,10-11,13-14,16-17,19-20,22-23,34H,4-5,7,9,12,15,18,21,24-32H2,1-3H3/b8-6-,11-10-,14-13-,17-16-,20-19-,23-22-/t34-/m0/s1. The summed E-state index contributed by atoms with van der Waals surface area (Å²) in [5.41, 5.74) is 0. The Morgan fingerprint density at radius 2 is 1.45 bits per heavy atom. The maximum atomic E-state index is 13.2. The second-order valence-corrected chi connectivity index (χ2v) is 11.7. The summed E-state index contributed by atoms with van der Waals surface area (Å²) in [4.78, 5) is 29.0. The summed E-state index contributed by atoms with van der Waals surface area (Å²) in [6.07, 6.45) is 34.1. The zero-order chi connectivity index (χ0) is 33.8. The van der Waals surface area contributed by atoms with Crippen LogP contribution in [-0.4, -0.2) is 77.6 Å². The van der Waals surface area contributed by atoms with Crippen LogP contribution >= 0.6 is 11.7 Å². The molecule has 0 unspecified atom stereocenters. The normalized spacial score (nSPS) is 14.9. The molecule has 0 bridgehead atoms. The van der Waals surface area contributed by atoms with Gasteiger partial charge in [0.05, 0.1) is 31.5 Å². The number of allylic oxidation sites excluding steroid dienone is 12. The molecule has 1 fully saturated rings. The molecule has 0 saturated carbocycles. The van der Waals surface area contributed by atoms with Gasteiger partial charge in [-0.1, -0.05) is 93.2 Å². The molecular formula is C37H56N4O5S. The molecule has 1 aliphatic rings. The summed E-state index contributed by atoms with van der Waals surface area (Å²) < 4.78 is 25.7. The minimum absolute atomic E-state index is 0.0412. The average Bonchev–Trinajstić information content (AvgIpc) is 3.55. The number of hydrogen-bond acceptors (Lipinski definition) is 9. The lowest BCUT2D eigenvalue weighted by molar-refractivity contribution is -0.151. The molecule has 1 aliphatic heterocycles. The Morgan fingerprint density at radius 3 is 2.00 bits per heavy atom. The highest BCUT2D eigenvalue weighted by molar-refractivity contribution is 6.99. The van der Waals surface area contributed by atoms with Gasteiger partial charge in [0.25, 0.3) is 5.88 Å². The molecule has 2 heterocycles. The van der Waals surface area contributed by atoms with Crippen LogP contribution in [0.4, 0.5) is 5.82 Å². The fraction of sp³-hybridized carbons (Fsp3) is 0.568. The summed E-state index contributed by atoms with van der Waals surface area (Å²) in [5, 5.41) is 0. The van der Waals surface area contributed by atoms with Gasteiger partial charge in [-0.3, -0.25) is 9.59 Å². The van der Waals surface area contributed by atoms with Crippen LogP contribution in [0.25, 0.3) is 0 Å². The Hall–Kier alpha value is -3.50. The van der Waals surface area contributed by atoms with Crippen LogP contribution in [-0.2, 0) is 19.1 Å². The van der Waals surface area contributed by atoms with Crippen LogP contribution in [0.1, 0.15) is 85.0 Å². The predicted molar refractivity (Wildman–Crippen MR) is 193 cm³/mol. The maximum Gasteiger partial charge on any atom is 0.303 e. The number of anilines is 1. The van der Waals surface area contributed by atoms with E-state index in [1.165, 1.54) is 6.92 Å². The van der Waals surface area contributed by atoms with Gasteiger partial charge >= 0.3 is 5.97 Å². The third-order valence-electron chi connectivity index (χ3n) is 7.17. The Balaban J connectivity index is 1.72. The number of nitrogens with zero attached hydrogens (tertiary/aromatic N) is 4. The molecule has 0 radical (unpaired) electrons. The van der Waals surface area contributed by atoms with Crippen molar-refractivity contribution in [2.45, 2.75) is 91.1 Å². The summed E-state index contributed by atoms with van der Waals surface area (Å²) in [6, 6.07) is 0. The first-order chi connectivity index (χ1) is 23.0. The van der Waals surface area contributed by atoms with E-state index in [4.69, 9.17) is 14.2 Å². The number of rotatable bonds is 24. The SMILES string of the molecule is CC/C=C\C/C=C\C/C=C\C/C=C\C/C=C\C/C=C\CCC(=O)N(CCCC)C[C@@H](COc1nsnc1N1CCOCC1)OC(C)=O. The topological polar surface area (TPSA) is 94.1 Å². The van der Waals surface area contributed by atoms with Crippen LogP contribution in [0.2, 0.25) is 0 Å². The number of hydrogen-bond donors (Lipinski definition) is 0. The highest BCUT2D eigenvalue weighted by Crippen LogP contribution is 2.26. The second kappa shape index (κ2) is 26.6. The third kappa shape index (κ3) is 19.0.